The summed E-state index contributed by atoms with van der Waals surface area (Å²) in [6.07, 6.45) is 3.50. The maximum atomic E-state index is 11.5. The second-order valence-corrected chi connectivity index (χ2v) is 5.11. The van der Waals surface area contributed by atoms with Crippen molar-refractivity contribution in [3.05, 3.63) is 16.6 Å². The molecule has 16 heavy (non-hydrogen) atoms. The first kappa shape index (κ1) is 13.5. The molecular weight excluding hydrogens is 242 g/mol. The number of nitrogens with one attached hydrogen (secondary N) is 1. The Kier molecular flexibility index (Phi) is 6.44. The minimum Gasteiger partial charge on any atom is -0.354 e. The van der Waals surface area contributed by atoms with Crippen molar-refractivity contribution in [2.24, 2.45) is 5.73 Å². The van der Waals surface area contributed by atoms with Crippen LogP contribution in [-0.4, -0.2) is 35.5 Å². The monoisotopic (exact) mass is 259 g/mol. The first-order chi connectivity index (χ1) is 7.74. The minimum absolute atomic E-state index is 0.0655. The molecular formula is C10H17N3OS2. The minimum atomic E-state index is -0.386. The molecule has 0 fully saturated rings. The molecule has 1 amide bonds. The number of rotatable bonds is 7. The van der Waals surface area contributed by atoms with E-state index in [0.29, 0.717) is 6.54 Å². The predicted octanol–water partition coefficient (Wildman–Crippen LogP) is 0.882. The molecule has 1 heterocycles. The van der Waals surface area contributed by atoms with Crippen LogP contribution in [0.15, 0.2) is 10.9 Å². The van der Waals surface area contributed by atoms with Gasteiger partial charge in [0.2, 0.25) is 5.91 Å². The zero-order valence-corrected chi connectivity index (χ0v) is 10.9. The van der Waals surface area contributed by atoms with E-state index in [1.807, 2.05) is 11.6 Å². The van der Waals surface area contributed by atoms with Gasteiger partial charge in [0.05, 0.1) is 17.2 Å². The topological polar surface area (TPSA) is 68.0 Å². The molecule has 1 atom stereocenters. The van der Waals surface area contributed by atoms with Crippen LogP contribution in [-0.2, 0) is 11.2 Å². The van der Waals surface area contributed by atoms with Crippen LogP contribution in [0.25, 0.3) is 0 Å². The van der Waals surface area contributed by atoms with Crippen molar-refractivity contribution in [3.8, 4) is 0 Å². The Hall–Kier alpha value is -0.590. The molecule has 3 N–H and O–H groups in total. The number of amides is 1. The Morgan fingerprint density at radius 2 is 2.56 bits per heavy atom. The first-order valence-electron chi connectivity index (χ1n) is 5.13. The van der Waals surface area contributed by atoms with Crippen molar-refractivity contribution in [1.29, 1.82) is 0 Å². The Balaban J connectivity index is 2.14. The molecule has 0 aliphatic heterocycles. The lowest BCUT2D eigenvalue weighted by Gasteiger charge is -2.10. The summed E-state index contributed by atoms with van der Waals surface area (Å²) in [6.45, 7) is 0.607. The molecule has 0 saturated heterocycles. The van der Waals surface area contributed by atoms with Crippen LogP contribution in [0.4, 0.5) is 0 Å². The number of nitrogens with zero attached hydrogens (tertiary/aromatic N) is 1. The highest BCUT2D eigenvalue weighted by Crippen LogP contribution is 2.01. The van der Waals surface area contributed by atoms with Crippen LogP contribution in [0.1, 0.15) is 12.1 Å². The molecule has 1 rings (SSSR count). The van der Waals surface area contributed by atoms with Crippen LogP contribution in [0.3, 0.4) is 0 Å². The molecule has 90 valence electrons. The van der Waals surface area contributed by atoms with E-state index in [-0.39, 0.29) is 11.9 Å². The largest absolute Gasteiger partial charge is 0.354 e. The Morgan fingerprint density at radius 3 is 3.19 bits per heavy atom. The molecule has 0 aliphatic carbocycles. The van der Waals surface area contributed by atoms with E-state index in [2.05, 4.69) is 10.3 Å². The van der Waals surface area contributed by atoms with Gasteiger partial charge in [-0.15, -0.1) is 11.3 Å². The van der Waals surface area contributed by atoms with Gasteiger partial charge in [0, 0.05) is 18.3 Å². The number of thioether (sulfide) groups is 1. The molecule has 0 aliphatic rings. The van der Waals surface area contributed by atoms with Gasteiger partial charge in [0.1, 0.15) is 0 Å². The summed E-state index contributed by atoms with van der Waals surface area (Å²) in [6, 6.07) is -0.386. The normalized spacial score (nSPS) is 12.4. The predicted molar refractivity (Wildman–Crippen MR) is 69.8 cm³/mol. The number of aromatic nitrogens is 1. The Bertz CT molecular complexity index is 303. The van der Waals surface area contributed by atoms with Crippen molar-refractivity contribution < 1.29 is 4.79 Å². The smallest absolute Gasteiger partial charge is 0.236 e. The molecule has 0 aromatic carbocycles. The number of hydrogen-bond acceptors (Lipinski definition) is 5. The second-order valence-electron chi connectivity index (χ2n) is 3.41. The van der Waals surface area contributed by atoms with Crippen molar-refractivity contribution in [1.82, 2.24) is 10.3 Å². The van der Waals surface area contributed by atoms with Gasteiger partial charge in [0.25, 0.3) is 0 Å². The van der Waals surface area contributed by atoms with E-state index in [1.54, 1.807) is 28.6 Å². The molecule has 6 heteroatoms. The molecule has 0 spiro atoms. The van der Waals surface area contributed by atoms with Crippen molar-refractivity contribution in [2.45, 2.75) is 18.9 Å². The summed E-state index contributed by atoms with van der Waals surface area (Å²) in [4.78, 5) is 15.7. The number of thiazole rings is 1. The average Bonchev–Trinajstić information content (AvgIpc) is 2.78. The number of carbonyl (C=O) groups excluding carboxylic acids is 1. The van der Waals surface area contributed by atoms with E-state index in [4.69, 9.17) is 5.73 Å². The van der Waals surface area contributed by atoms with Crippen LogP contribution in [0.5, 0.6) is 0 Å². The standard InChI is InChI=1S/C10H17N3OS2/c1-15-5-3-9(11)10(14)12-4-2-8-6-16-7-13-8/h6-7,9H,2-5,11H2,1H3,(H,12,14)/t9-/m0/s1. The quantitative estimate of drug-likeness (QED) is 0.763. The summed E-state index contributed by atoms with van der Waals surface area (Å²) < 4.78 is 0. The lowest BCUT2D eigenvalue weighted by atomic mass is 10.2. The third kappa shape index (κ3) is 4.96. The van der Waals surface area contributed by atoms with Crippen LogP contribution >= 0.6 is 23.1 Å². The van der Waals surface area contributed by atoms with Crippen LogP contribution in [0, 0.1) is 0 Å². The summed E-state index contributed by atoms with van der Waals surface area (Å²) in [5, 5.41) is 4.81. The maximum absolute atomic E-state index is 11.5. The van der Waals surface area contributed by atoms with Crippen molar-refractivity contribution in [3.63, 3.8) is 0 Å². The fourth-order valence-electron chi connectivity index (χ4n) is 1.18. The molecule has 0 radical (unpaired) electrons. The zero-order chi connectivity index (χ0) is 11.8. The van der Waals surface area contributed by atoms with Crippen molar-refractivity contribution in [2.75, 3.05) is 18.6 Å². The second kappa shape index (κ2) is 7.65. The summed E-state index contributed by atoms with van der Waals surface area (Å²) in [5.74, 6) is 0.852. The molecule has 0 unspecified atom stereocenters. The van der Waals surface area contributed by atoms with E-state index in [9.17, 15) is 4.79 Å². The van der Waals surface area contributed by atoms with Gasteiger partial charge >= 0.3 is 0 Å². The SMILES string of the molecule is CSCC[C@H](N)C(=O)NCCc1cscn1. The highest BCUT2D eigenvalue weighted by molar-refractivity contribution is 7.98. The van der Waals surface area contributed by atoms with Crippen molar-refractivity contribution >= 4 is 29.0 Å². The van der Waals surface area contributed by atoms with Gasteiger partial charge in [-0.05, 0) is 18.4 Å². The summed E-state index contributed by atoms with van der Waals surface area (Å²) in [7, 11) is 0. The van der Waals surface area contributed by atoms with E-state index in [1.165, 1.54) is 0 Å². The van der Waals surface area contributed by atoms with E-state index in [0.717, 1.165) is 24.3 Å². The average molecular weight is 259 g/mol. The lowest BCUT2D eigenvalue weighted by Crippen LogP contribution is -2.41. The Labute approximate surface area is 104 Å². The third-order valence-electron chi connectivity index (χ3n) is 2.13. The molecule has 4 nitrogen and oxygen atoms in total. The van der Waals surface area contributed by atoms with E-state index >= 15 is 0 Å². The van der Waals surface area contributed by atoms with Gasteiger partial charge in [-0.3, -0.25) is 4.79 Å². The highest BCUT2D eigenvalue weighted by atomic mass is 32.2. The molecule has 0 bridgehead atoms. The lowest BCUT2D eigenvalue weighted by molar-refractivity contribution is -0.122. The first-order valence-corrected chi connectivity index (χ1v) is 7.47. The number of hydrogen-bond donors (Lipinski definition) is 2. The highest BCUT2D eigenvalue weighted by Gasteiger charge is 2.11. The number of carbonyl (C=O) groups is 1. The molecule has 0 saturated carbocycles. The third-order valence-corrected chi connectivity index (χ3v) is 3.41. The summed E-state index contributed by atoms with van der Waals surface area (Å²) >= 11 is 3.27. The summed E-state index contributed by atoms with van der Waals surface area (Å²) in [5.41, 5.74) is 8.53. The van der Waals surface area contributed by atoms with Crippen LogP contribution < -0.4 is 11.1 Å². The number of nitrogens with two attached hydrogens (primary N) is 1. The fraction of sp³-hybridized carbons (Fsp3) is 0.600. The molecule has 1 aromatic heterocycles. The maximum Gasteiger partial charge on any atom is 0.236 e. The van der Waals surface area contributed by atoms with Gasteiger partial charge in [-0.25, -0.2) is 4.98 Å². The zero-order valence-electron chi connectivity index (χ0n) is 9.31. The van der Waals surface area contributed by atoms with E-state index < -0.39 is 0 Å². The fourth-order valence-corrected chi connectivity index (χ4v) is 2.26. The molecule has 1 aromatic rings. The van der Waals surface area contributed by atoms with Gasteiger partial charge in [0.15, 0.2) is 0 Å². The van der Waals surface area contributed by atoms with Crippen LogP contribution in [0.2, 0.25) is 0 Å². The van der Waals surface area contributed by atoms with Gasteiger partial charge in [-0.1, -0.05) is 0 Å². The van der Waals surface area contributed by atoms with Gasteiger partial charge < -0.3 is 11.1 Å². The van der Waals surface area contributed by atoms with Gasteiger partial charge in [-0.2, -0.15) is 11.8 Å². The Morgan fingerprint density at radius 1 is 1.75 bits per heavy atom.